The van der Waals surface area contributed by atoms with E-state index in [-0.39, 0.29) is 0 Å². The van der Waals surface area contributed by atoms with E-state index in [1.165, 1.54) is 17.9 Å². The first-order chi connectivity index (χ1) is 7.66. The number of rotatable bonds is 2. The van der Waals surface area contributed by atoms with E-state index < -0.39 is 0 Å². The van der Waals surface area contributed by atoms with Gasteiger partial charge in [0.25, 0.3) is 0 Å². The van der Waals surface area contributed by atoms with Gasteiger partial charge < -0.3 is 0 Å². The number of hydrogen-bond donors (Lipinski definition) is 0. The molecule has 0 unspecified atom stereocenters. The van der Waals surface area contributed by atoms with Crippen molar-refractivity contribution in [3.63, 3.8) is 0 Å². The average molecular weight is 470 g/mol. The van der Waals surface area contributed by atoms with Gasteiger partial charge in [-0.25, -0.2) is 0 Å². The molecule has 0 radical (unpaired) electrons. The van der Waals surface area contributed by atoms with Crippen molar-refractivity contribution in [3.8, 4) is 0 Å². The fourth-order valence-corrected chi connectivity index (χ4v) is 5.17. The molecule has 0 nitrogen and oxygen atoms in total. The van der Waals surface area contributed by atoms with Crippen LogP contribution < -0.4 is 8.92 Å². The molecule has 0 atom stereocenters. The fourth-order valence-electron chi connectivity index (χ4n) is 1.20. The van der Waals surface area contributed by atoms with Crippen molar-refractivity contribution in [1.29, 1.82) is 0 Å². The Labute approximate surface area is 126 Å². The van der Waals surface area contributed by atoms with Crippen LogP contribution in [0.1, 0.15) is 0 Å². The third kappa shape index (κ3) is 3.21. The molecule has 0 bridgehead atoms. The molecule has 0 fully saturated rings. The van der Waals surface area contributed by atoms with Crippen LogP contribution >= 0.6 is 47.8 Å². The third-order valence-electron chi connectivity index (χ3n) is 1.95. The molecular formula is C12H7Br3Se. The van der Waals surface area contributed by atoms with Crippen LogP contribution in [0.15, 0.2) is 55.9 Å². The van der Waals surface area contributed by atoms with Crippen LogP contribution in [0.2, 0.25) is 0 Å². The molecule has 0 aliphatic heterocycles. The number of benzene rings is 2. The van der Waals surface area contributed by atoms with E-state index in [9.17, 15) is 0 Å². The zero-order valence-corrected chi connectivity index (χ0v) is 14.6. The van der Waals surface area contributed by atoms with Crippen LogP contribution in [0.5, 0.6) is 0 Å². The van der Waals surface area contributed by atoms with E-state index in [4.69, 9.17) is 0 Å². The minimum atomic E-state index is 0.308. The SMILES string of the molecule is Brc1ccc(Br)c([Se]c2ccccc2Br)c1. The first-order valence-electron chi connectivity index (χ1n) is 4.54. The van der Waals surface area contributed by atoms with E-state index in [1.54, 1.807) is 0 Å². The van der Waals surface area contributed by atoms with Gasteiger partial charge in [0.05, 0.1) is 0 Å². The molecule has 0 aliphatic rings. The maximum atomic E-state index is 3.59. The second-order valence-electron chi connectivity index (χ2n) is 3.11. The normalized spacial score (nSPS) is 10.4. The van der Waals surface area contributed by atoms with Crippen LogP contribution in [0.25, 0.3) is 0 Å². The number of halogens is 3. The van der Waals surface area contributed by atoms with Crippen molar-refractivity contribution >= 4 is 71.7 Å². The zero-order chi connectivity index (χ0) is 11.5. The van der Waals surface area contributed by atoms with Crippen molar-refractivity contribution in [3.05, 3.63) is 55.9 Å². The summed E-state index contributed by atoms with van der Waals surface area (Å²) < 4.78 is 6.18. The summed E-state index contributed by atoms with van der Waals surface area (Å²) in [5, 5.41) is 0. The van der Waals surface area contributed by atoms with Crippen molar-refractivity contribution in [2.24, 2.45) is 0 Å². The van der Waals surface area contributed by atoms with Crippen molar-refractivity contribution in [1.82, 2.24) is 0 Å². The van der Waals surface area contributed by atoms with Gasteiger partial charge in [-0.05, 0) is 0 Å². The van der Waals surface area contributed by atoms with Crippen LogP contribution in [-0.2, 0) is 0 Å². The van der Waals surface area contributed by atoms with Gasteiger partial charge in [0, 0.05) is 0 Å². The predicted molar refractivity (Wildman–Crippen MR) is 81.0 cm³/mol. The molecule has 0 saturated carbocycles. The predicted octanol–water partition coefficient (Wildman–Crippen LogP) is 3.63. The Morgan fingerprint density at radius 1 is 0.750 bits per heavy atom. The van der Waals surface area contributed by atoms with Crippen molar-refractivity contribution in [2.45, 2.75) is 0 Å². The van der Waals surface area contributed by atoms with Gasteiger partial charge in [0.2, 0.25) is 0 Å². The molecule has 2 aromatic rings. The third-order valence-corrected chi connectivity index (χ3v) is 7.39. The van der Waals surface area contributed by atoms with Crippen molar-refractivity contribution in [2.75, 3.05) is 0 Å². The summed E-state index contributed by atoms with van der Waals surface area (Å²) in [4.78, 5) is 0. The van der Waals surface area contributed by atoms with E-state index in [0.717, 1.165) is 4.47 Å². The summed E-state index contributed by atoms with van der Waals surface area (Å²) in [6.45, 7) is 0. The summed E-state index contributed by atoms with van der Waals surface area (Å²) in [5.74, 6) is 0. The van der Waals surface area contributed by atoms with Crippen LogP contribution in [0, 0.1) is 0 Å². The van der Waals surface area contributed by atoms with Gasteiger partial charge in [-0.1, -0.05) is 0 Å². The molecule has 0 aliphatic carbocycles. The van der Waals surface area contributed by atoms with E-state index in [2.05, 4.69) is 78.1 Å². The van der Waals surface area contributed by atoms with Crippen LogP contribution in [0.3, 0.4) is 0 Å². The molecule has 0 aromatic heterocycles. The minimum absolute atomic E-state index is 0.308. The Morgan fingerprint density at radius 2 is 1.44 bits per heavy atom. The average Bonchev–Trinajstić information content (AvgIpc) is 2.27. The fraction of sp³-hybridized carbons (Fsp3) is 0. The van der Waals surface area contributed by atoms with Gasteiger partial charge in [0.15, 0.2) is 0 Å². The van der Waals surface area contributed by atoms with Gasteiger partial charge in [-0.15, -0.1) is 0 Å². The summed E-state index contributed by atoms with van der Waals surface area (Å²) in [7, 11) is 0. The van der Waals surface area contributed by atoms with Gasteiger partial charge in [0.1, 0.15) is 0 Å². The number of hydrogen-bond acceptors (Lipinski definition) is 0. The Kier molecular flexibility index (Phi) is 4.68. The molecule has 0 heterocycles. The van der Waals surface area contributed by atoms with Gasteiger partial charge >= 0.3 is 128 Å². The monoisotopic (exact) mass is 468 g/mol. The summed E-state index contributed by atoms with van der Waals surface area (Å²) in [6.07, 6.45) is 0. The van der Waals surface area contributed by atoms with E-state index in [0.29, 0.717) is 15.0 Å². The van der Waals surface area contributed by atoms with E-state index >= 15 is 0 Å². The Morgan fingerprint density at radius 3 is 2.19 bits per heavy atom. The van der Waals surface area contributed by atoms with Gasteiger partial charge in [-0.3, -0.25) is 0 Å². The molecule has 2 rings (SSSR count). The van der Waals surface area contributed by atoms with Crippen molar-refractivity contribution < 1.29 is 0 Å². The molecule has 2 aromatic carbocycles. The zero-order valence-electron chi connectivity index (χ0n) is 8.08. The Bertz CT molecular complexity index is 511. The second kappa shape index (κ2) is 5.83. The standard InChI is InChI=1S/C12H7Br3Se/c13-8-5-6-10(15)12(7-8)16-11-4-2-1-3-9(11)14/h1-7H. The van der Waals surface area contributed by atoms with Crippen LogP contribution in [-0.4, -0.2) is 15.0 Å². The maximum absolute atomic E-state index is 3.59. The van der Waals surface area contributed by atoms with Crippen LogP contribution in [0.4, 0.5) is 0 Å². The topological polar surface area (TPSA) is 0 Å². The van der Waals surface area contributed by atoms with E-state index in [1.807, 2.05) is 12.1 Å². The first-order valence-corrected chi connectivity index (χ1v) is 8.63. The van der Waals surface area contributed by atoms with Gasteiger partial charge in [-0.2, -0.15) is 0 Å². The molecule has 4 heteroatoms. The Hall–Kier alpha value is 0.399. The molecule has 0 amide bonds. The molecule has 0 saturated heterocycles. The molecule has 16 heavy (non-hydrogen) atoms. The summed E-state index contributed by atoms with van der Waals surface area (Å²) in [6, 6.07) is 14.7. The molecular weight excluding hydrogens is 463 g/mol. The molecule has 0 N–H and O–H groups in total. The first kappa shape index (κ1) is 12.8. The second-order valence-corrected chi connectivity index (χ2v) is 8.01. The summed E-state index contributed by atoms with van der Waals surface area (Å²) in [5.41, 5.74) is 0. The summed E-state index contributed by atoms with van der Waals surface area (Å²) >= 11 is 11.0. The molecule has 0 spiro atoms. The Balaban J connectivity index is 2.34. The molecule has 82 valence electrons. The quantitative estimate of drug-likeness (QED) is 0.589.